The molecular formula is C25H16ClF9O2. The Hall–Kier alpha value is -3.34. The van der Waals surface area contributed by atoms with Crippen LogP contribution in [0.4, 0.5) is 39.5 Å². The van der Waals surface area contributed by atoms with Gasteiger partial charge in [0.1, 0.15) is 22.9 Å². The molecule has 12 heteroatoms. The molecule has 0 bridgehead atoms. The highest BCUT2D eigenvalue weighted by Gasteiger charge is 2.41. The highest BCUT2D eigenvalue weighted by molar-refractivity contribution is 6.31. The summed E-state index contributed by atoms with van der Waals surface area (Å²) in [5.74, 6) is -8.15. The van der Waals surface area contributed by atoms with E-state index in [4.69, 9.17) is 11.6 Å². The number of allylic oxidation sites excluding steroid dienone is 1. The minimum atomic E-state index is -4.83. The highest BCUT2D eigenvalue weighted by Crippen LogP contribution is 2.41. The summed E-state index contributed by atoms with van der Waals surface area (Å²) >= 11 is 5.86. The van der Waals surface area contributed by atoms with Gasteiger partial charge in [-0.2, -0.15) is 22.0 Å². The van der Waals surface area contributed by atoms with Crippen LogP contribution in [0.2, 0.25) is 5.02 Å². The van der Waals surface area contributed by atoms with Gasteiger partial charge in [0.25, 0.3) is 0 Å². The Morgan fingerprint density at radius 1 is 0.838 bits per heavy atom. The van der Waals surface area contributed by atoms with Crippen LogP contribution in [-0.2, 0) is 12.5 Å². The first-order chi connectivity index (χ1) is 17.2. The van der Waals surface area contributed by atoms with Crippen LogP contribution in [0.5, 0.6) is 11.5 Å². The summed E-state index contributed by atoms with van der Waals surface area (Å²) in [6.45, 7) is 1.89. The molecule has 0 aliphatic heterocycles. The Morgan fingerprint density at radius 3 is 2.03 bits per heavy atom. The molecule has 198 valence electrons. The first-order valence-corrected chi connectivity index (χ1v) is 10.8. The third-order valence-corrected chi connectivity index (χ3v) is 5.18. The van der Waals surface area contributed by atoms with Gasteiger partial charge >= 0.3 is 12.3 Å². The van der Waals surface area contributed by atoms with Crippen molar-refractivity contribution in [2.24, 2.45) is 0 Å². The Labute approximate surface area is 209 Å². The molecule has 0 heterocycles. The van der Waals surface area contributed by atoms with Gasteiger partial charge in [-0.15, -0.1) is 0 Å². The van der Waals surface area contributed by atoms with Crippen LogP contribution in [-0.4, -0.2) is 6.18 Å². The first kappa shape index (κ1) is 28.2. The number of hydrogen-bond acceptors (Lipinski definition) is 2. The van der Waals surface area contributed by atoms with E-state index in [0.717, 1.165) is 12.5 Å². The van der Waals surface area contributed by atoms with Crippen LogP contribution in [0, 0.1) is 23.3 Å². The molecule has 0 aromatic heterocycles. The molecule has 0 saturated heterocycles. The second kappa shape index (κ2) is 11.0. The van der Waals surface area contributed by atoms with Crippen molar-refractivity contribution >= 4 is 11.6 Å². The zero-order valence-electron chi connectivity index (χ0n) is 18.7. The average Bonchev–Trinajstić information content (AvgIpc) is 2.74. The average molecular weight is 555 g/mol. The molecule has 0 atom stereocenters. The molecule has 37 heavy (non-hydrogen) atoms. The van der Waals surface area contributed by atoms with Crippen molar-refractivity contribution in [2.75, 3.05) is 0 Å². The van der Waals surface area contributed by atoms with Gasteiger partial charge in [-0.3, -0.25) is 0 Å². The SMILES string of the molecule is CCCc1ccc(-c2cc(F)c(C(F)(F)Oc3cc(F)c(O/C=C/C(F)(F)F)c(F)c3)c(Cl)c2)c(F)c1. The molecule has 0 spiro atoms. The standard InChI is InChI=1S/C25H16ClF9O2/c1-2-3-13-4-5-16(18(27)8-13)14-9-17(26)22(19(28)10-14)25(34,35)37-15-11-20(29)23(21(30)12-15)36-7-6-24(31,32)33/h4-12H,2-3H2,1H3/b7-6+. The minimum Gasteiger partial charge on any atom is -0.459 e. The summed E-state index contributed by atoms with van der Waals surface area (Å²) in [7, 11) is 0. The maximum absolute atomic E-state index is 14.8. The van der Waals surface area contributed by atoms with Gasteiger partial charge in [0, 0.05) is 17.7 Å². The fourth-order valence-electron chi connectivity index (χ4n) is 3.33. The Kier molecular flexibility index (Phi) is 8.36. The van der Waals surface area contributed by atoms with E-state index in [1.165, 1.54) is 12.1 Å². The summed E-state index contributed by atoms with van der Waals surface area (Å²) in [5.41, 5.74) is -1.06. The minimum absolute atomic E-state index is 0.0481. The van der Waals surface area contributed by atoms with E-state index in [-0.39, 0.29) is 29.5 Å². The van der Waals surface area contributed by atoms with Crippen molar-refractivity contribution in [3.05, 3.63) is 94.2 Å². The number of alkyl halides is 5. The van der Waals surface area contributed by atoms with Gasteiger partial charge in [0.15, 0.2) is 17.4 Å². The van der Waals surface area contributed by atoms with Crippen molar-refractivity contribution in [3.63, 3.8) is 0 Å². The van der Waals surface area contributed by atoms with Crippen molar-refractivity contribution < 1.29 is 49.0 Å². The molecule has 0 aliphatic carbocycles. The smallest absolute Gasteiger partial charge is 0.431 e. The molecule has 2 nitrogen and oxygen atoms in total. The number of aryl methyl sites for hydroxylation is 1. The fraction of sp³-hybridized carbons (Fsp3) is 0.200. The Balaban J connectivity index is 1.89. The van der Waals surface area contributed by atoms with Crippen LogP contribution in [0.25, 0.3) is 11.1 Å². The summed E-state index contributed by atoms with van der Waals surface area (Å²) in [4.78, 5) is 0. The molecule has 0 aliphatic rings. The van der Waals surface area contributed by atoms with Crippen LogP contribution in [0.1, 0.15) is 24.5 Å². The Morgan fingerprint density at radius 2 is 1.49 bits per heavy atom. The van der Waals surface area contributed by atoms with E-state index >= 15 is 0 Å². The van der Waals surface area contributed by atoms with E-state index in [1.54, 1.807) is 6.07 Å². The van der Waals surface area contributed by atoms with Crippen molar-refractivity contribution in [3.8, 4) is 22.6 Å². The molecular weight excluding hydrogens is 539 g/mol. The molecule has 0 amide bonds. The molecule has 3 rings (SSSR count). The predicted octanol–water partition coefficient (Wildman–Crippen LogP) is 9.10. The quantitative estimate of drug-likeness (QED) is 0.204. The second-order valence-electron chi connectivity index (χ2n) is 7.68. The number of hydrogen-bond donors (Lipinski definition) is 0. The van der Waals surface area contributed by atoms with Crippen LogP contribution in [0.3, 0.4) is 0 Å². The molecule has 3 aromatic carbocycles. The monoisotopic (exact) mass is 554 g/mol. The third-order valence-electron chi connectivity index (χ3n) is 4.88. The lowest BCUT2D eigenvalue weighted by atomic mass is 9.99. The van der Waals surface area contributed by atoms with Crippen LogP contribution < -0.4 is 9.47 Å². The topological polar surface area (TPSA) is 18.5 Å². The van der Waals surface area contributed by atoms with E-state index in [0.29, 0.717) is 18.1 Å². The van der Waals surface area contributed by atoms with Gasteiger partial charge < -0.3 is 9.47 Å². The van der Waals surface area contributed by atoms with Crippen molar-refractivity contribution in [2.45, 2.75) is 32.1 Å². The summed E-state index contributed by atoms with van der Waals surface area (Å²) in [5, 5.41) is -0.866. The largest absolute Gasteiger partial charge is 0.459 e. The van der Waals surface area contributed by atoms with E-state index in [1.807, 2.05) is 6.92 Å². The maximum Gasteiger partial charge on any atom is 0.431 e. The van der Waals surface area contributed by atoms with Gasteiger partial charge in [-0.1, -0.05) is 37.1 Å². The van der Waals surface area contributed by atoms with Crippen LogP contribution >= 0.6 is 11.6 Å². The lowest BCUT2D eigenvalue weighted by Crippen LogP contribution is -2.24. The van der Waals surface area contributed by atoms with E-state index in [9.17, 15) is 39.5 Å². The Bertz CT molecular complexity index is 1270. The lowest BCUT2D eigenvalue weighted by Gasteiger charge is -2.21. The van der Waals surface area contributed by atoms with Gasteiger partial charge in [-0.05, 0) is 35.7 Å². The summed E-state index contributed by atoms with van der Waals surface area (Å²) < 4.78 is 132. The van der Waals surface area contributed by atoms with E-state index < -0.39 is 63.7 Å². The zero-order valence-corrected chi connectivity index (χ0v) is 19.5. The lowest BCUT2D eigenvalue weighted by molar-refractivity contribution is -0.187. The van der Waals surface area contributed by atoms with Gasteiger partial charge in [0.05, 0.1) is 17.4 Å². The summed E-state index contributed by atoms with van der Waals surface area (Å²) in [6, 6.07) is 6.03. The number of rotatable bonds is 8. The number of halogens is 10. The molecule has 0 radical (unpaired) electrons. The maximum atomic E-state index is 14.8. The number of ether oxygens (including phenoxy) is 2. The van der Waals surface area contributed by atoms with Gasteiger partial charge in [-0.25, -0.2) is 17.6 Å². The molecule has 0 unspecified atom stereocenters. The fourth-order valence-corrected chi connectivity index (χ4v) is 3.65. The van der Waals surface area contributed by atoms with E-state index in [2.05, 4.69) is 9.47 Å². The van der Waals surface area contributed by atoms with Crippen molar-refractivity contribution in [1.82, 2.24) is 0 Å². The molecule has 0 N–H and O–H groups in total. The second-order valence-corrected chi connectivity index (χ2v) is 8.08. The molecule has 3 aromatic rings. The zero-order chi connectivity index (χ0) is 27.5. The van der Waals surface area contributed by atoms with Crippen molar-refractivity contribution in [1.29, 1.82) is 0 Å². The molecule has 0 fully saturated rings. The molecule has 0 saturated carbocycles. The highest BCUT2D eigenvalue weighted by atomic mass is 35.5. The normalized spacial score (nSPS) is 12.3. The van der Waals surface area contributed by atoms with Crippen LogP contribution in [0.15, 0.2) is 54.8 Å². The third kappa shape index (κ3) is 6.91. The summed E-state index contributed by atoms with van der Waals surface area (Å²) in [6.07, 6.45) is -8.56. The predicted molar refractivity (Wildman–Crippen MR) is 118 cm³/mol. The number of benzene rings is 3. The van der Waals surface area contributed by atoms with Gasteiger partial charge in [0.2, 0.25) is 0 Å². The first-order valence-electron chi connectivity index (χ1n) is 10.5.